The first-order valence-electron chi connectivity index (χ1n) is 13.1. The van der Waals surface area contributed by atoms with Gasteiger partial charge in [-0.15, -0.1) is 0 Å². The maximum atomic E-state index is 14.3. The van der Waals surface area contributed by atoms with Crippen LogP contribution in [0.1, 0.15) is 59.3 Å². The van der Waals surface area contributed by atoms with Crippen LogP contribution in [0.4, 0.5) is 0 Å². The molecule has 3 aromatic rings. The van der Waals surface area contributed by atoms with Crippen LogP contribution in [-0.2, 0) is 22.6 Å². The van der Waals surface area contributed by atoms with Crippen molar-refractivity contribution in [2.45, 2.75) is 55.4 Å². The van der Waals surface area contributed by atoms with E-state index in [1.807, 2.05) is 0 Å². The van der Waals surface area contributed by atoms with Crippen LogP contribution in [0.3, 0.4) is 0 Å². The Labute approximate surface area is 250 Å². The second-order valence-electron chi connectivity index (χ2n) is 11.4. The van der Waals surface area contributed by atoms with E-state index in [2.05, 4.69) is 4.98 Å². The predicted molar refractivity (Wildman–Crippen MR) is 158 cm³/mol. The van der Waals surface area contributed by atoms with Gasteiger partial charge >= 0.3 is 0 Å². The Bertz CT molecular complexity index is 1470. The Morgan fingerprint density at radius 1 is 1.02 bits per heavy atom. The summed E-state index contributed by atoms with van der Waals surface area (Å²) >= 11 is 6.25. The standard InChI is InChI=1S/C29H27B4ClN2O5/c1-25(2,38)19-7-10-22-21(14-19)24(37)36(16-17-4-11-23(40-3)35-15-17)27(22,18-5-8-20(34)9-6-18)41-29(32,33)26(12-13-26)28(30,31)39/h4-11,14-15,38-39H,12-13,16H2,1-3H3/t27-/m1/s1. The van der Waals surface area contributed by atoms with E-state index in [0.717, 1.165) is 0 Å². The minimum atomic E-state index is -2.27. The van der Waals surface area contributed by atoms with Gasteiger partial charge in [0.05, 0.1) is 34.9 Å². The van der Waals surface area contributed by atoms with Crippen LogP contribution in [0.25, 0.3) is 0 Å². The highest BCUT2D eigenvalue weighted by Gasteiger charge is 2.65. The number of hydrogen-bond donors (Lipinski definition) is 2. The van der Waals surface area contributed by atoms with Crippen molar-refractivity contribution < 1.29 is 24.5 Å². The number of halogens is 1. The molecule has 12 heteroatoms. The summed E-state index contributed by atoms with van der Waals surface area (Å²) in [5.41, 5.74) is -2.00. The van der Waals surface area contributed by atoms with Crippen molar-refractivity contribution in [1.29, 1.82) is 0 Å². The molecule has 41 heavy (non-hydrogen) atoms. The molecule has 1 amide bonds. The van der Waals surface area contributed by atoms with Crippen molar-refractivity contribution in [3.8, 4) is 5.88 Å². The number of carbonyl (C=O) groups excluding carboxylic acids is 1. The number of fused-ring (bicyclic) bond motifs is 1. The first kappa shape index (κ1) is 29.8. The van der Waals surface area contributed by atoms with Gasteiger partial charge in [-0.2, -0.15) is 0 Å². The third kappa shape index (κ3) is 4.91. The number of rotatable bonds is 9. The van der Waals surface area contributed by atoms with Gasteiger partial charge in [-0.05, 0) is 66.8 Å². The highest BCUT2D eigenvalue weighted by atomic mass is 35.5. The van der Waals surface area contributed by atoms with Crippen molar-refractivity contribution >= 4 is 48.9 Å². The molecule has 2 aromatic carbocycles. The van der Waals surface area contributed by atoms with Gasteiger partial charge in [-0.25, -0.2) is 4.98 Å². The number of nitrogens with zero attached hydrogens (tertiary/aromatic N) is 2. The number of aromatic nitrogens is 1. The van der Waals surface area contributed by atoms with E-state index in [9.17, 15) is 15.0 Å². The van der Waals surface area contributed by atoms with E-state index < -0.39 is 33.4 Å². The lowest BCUT2D eigenvalue weighted by atomic mass is 9.43. The van der Waals surface area contributed by atoms with Crippen LogP contribution in [-0.4, -0.2) is 75.3 Å². The molecule has 1 atom stereocenters. The topological polar surface area (TPSA) is 92.1 Å². The summed E-state index contributed by atoms with van der Waals surface area (Å²) in [7, 11) is 26.8. The summed E-state index contributed by atoms with van der Waals surface area (Å²) < 4.78 is 11.9. The van der Waals surface area contributed by atoms with E-state index in [-0.39, 0.29) is 12.1 Å². The molecule has 1 fully saturated rings. The van der Waals surface area contributed by atoms with Crippen LogP contribution in [0.5, 0.6) is 5.88 Å². The molecule has 0 unspecified atom stereocenters. The Morgan fingerprint density at radius 3 is 2.20 bits per heavy atom. The maximum absolute atomic E-state index is 14.3. The van der Waals surface area contributed by atoms with Crippen molar-refractivity contribution in [3.05, 3.63) is 93.6 Å². The van der Waals surface area contributed by atoms with Crippen molar-refractivity contribution in [1.82, 2.24) is 9.88 Å². The lowest BCUT2D eigenvalue weighted by molar-refractivity contribution is -0.168. The number of hydrogen-bond acceptors (Lipinski definition) is 6. The molecule has 1 aliphatic carbocycles. The average Bonchev–Trinajstić information content (AvgIpc) is 3.71. The van der Waals surface area contributed by atoms with E-state index in [4.69, 9.17) is 52.5 Å². The minimum Gasteiger partial charge on any atom is -0.481 e. The molecule has 2 heterocycles. The summed E-state index contributed by atoms with van der Waals surface area (Å²) in [6, 6.07) is 15.2. The highest BCUT2D eigenvalue weighted by Crippen LogP contribution is 2.61. The molecule has 5 rings (SSSR count). The van der Waals surface area contributed by atoms with Crippen molar-refractivity contribution in [3.63, 3.8) is 0 Å². The summed E-state index contributed by atoms with van der Waals surface area (Å²) in [5, 5.41) is 17.5. The molecule has 8 radical (unpaired) electrons. The van der Waals surface area contributed by atoms with Crippen LogP contribution in [0, 0.1) is 5.41 Å². The predicted octanol–water partition coefficient (Wildman–Crippen LogP) is 2.60. The number of carbonyl (C=O) groups is 1. The second-order valence-corrected chi connectivity index (χ2v) is 11.8. The molecular weight excluding hydrogens is 535 g/mol. The fourth-order valence-corrected chi connectivity index (χ4v) is 5.68. The number of ether oxygens (including phenoxy) is 2. The second kappa shape index (κ2) is 9.94. The number of aliphatic hydroxyl groups is 2. The number of pyridine rings is 1. The Balaban J connectivity index is 1.76. The third-order valence-corrected chi connectivity index (χ3v) is 8.36. The zero-order valence-electron chi connectivity index (χ0n) is 23.1. The average molecular weight is 562 g/mol. The summed E-state index contributed by atoms with van der Waals surface area (Å²) in [4.78, 5) is 20.1. The van der Waals surface area contributed by atoms with Gasteiger partial charge in [0.2, 0.25) is 5.88 Å². The molecular formula is C29H27B4ClN2O5. The van der Waals surface area contributed by atoms with Gasteiger partial charge in [0.15, 0.2) is 5.72 Å². The summed E-state index contributed by atoms with van der Waals surface area (Å²) in [5.74, 6) is -0.00289. The fourth-order valence-electron chi connectivity index (χ4n) is 5.55. The SMILES string of the molecule is [B]C([B])(O)C1(C([B])([B])O[C@]2(c3ccc(Cl)cc3)c3ccc(C(C)(C)O)cc3C(=O)N2Cc2ccc(OC)nc2)CC1. The number of amides is 1. The summed E-state index contributed by atoms with van der Waals surface area (Å²) in [6.07, 6.45) is 2.17. The van der Waals surface area contributed by atoms with Crippen molar-refractivity contribution in [2.75, 3.05) is 7.11 Å². The molecule has 1 aromatic heterocycles. The largest absolute Gasteiger partial charge is 0.481 e. The molecule has 1 saturated carbocycles. The fraction of sp³-hybridized carbons (Fsp3) is 0.379. The van der Waals surface area contributed by atoms with Crippen molar-refractivity contribution in [2.24, 2.45) is 5.41 Å². The van der Waals surface area contributed by atoms with E-state index in [1.165, 1.54) is 12.0 Å². The maximum Gasteiger partial charge on any atom is 0.257 e. The van der Waals surface area contributed by atoms with Crippen LogP contribution >= 0.6 is 11.6 Å². The number of methoxy groups -OCH3 is 1. The van der Waals surface area contributed by atoms with Gasteiger partial charge in [0, 0.05) is 39.4 Å². The molecule has 0 bridgehead atoms. The molecule has 2 N–H and O–H groups in total. The third-order valence-electron chi connectivity index (χ3n) is 8.11. The van der Waals surface area contributed by atoms with Gasteiger partial charge in [-0.3, -0.25) is 9.69 Å². The molecule has 202 valence electrons. The zero-order valence-corrected chi connectivity index (χ0v) is 23.9. The lowest BCUT2D eigenvalue weighted by Crippen LogP contribution is -2.62. The van der Waals surface area contributed by atoms with E-state index in [1.54, 1.807) is 74.6 Å². The van der Waals surface area contributed by atoms with E-state index in [0.29, 0.717) is 46.0 Å². The molecule has 7 nitrogen and oxygen atoms in total. The Kier molecular flexibility index (Phi) is 7.22. The highest BCUT2D eigenvalue weighted by molar-refractivity contribution is 6.45. The smallest absolute Gasteiger partial charge is 0.257 e. The normalized spacial score (nSPS) is 20.1. The molecule has 1 aliphatic heterocycles. The van der Waals surface area contributed by atoms with Crippen LogP contribution in [0.15, 0.2) is 60.8 Å². The van der Waals surface area contributed by atoms with Crippen LogP contribution in [0.2, 0.25) is 5.02 Å². The zero-order chi connectivity index (χ0) is 30.0. The number of benzene rings is 2. The van der Waals surface area contributed by atoms with Gasteiger partial charge in [0.25, 0.3) is 5.91 Å². The van der Waals surface area contributed by atoms with Gasteiger partial charge in [0.1, 0.15) is 15.7 Å². The quantitative estimate of drug-likeness (QED) is 0.390. The molecule has 0 spiro atoms. The first-order chi connectivity index (χ1) is 19.1. The Hall–Kier alpha value is -2.71. The Morgan fingerprint density at radius 2 is 1.68 bits per heavy atom. The minimum absolute atomic E-state index is 0.0174. The monoisotopic (exact) mass is 562 g/mol. The lowest BCUT2D eigenvalue weighted by Gasteiger charge is -2.51. The first-order valence-corrected chi connectivity index (χ1v) is 13.5. The molecule has 0 saturated heterocycles. The van der Waals surface area contributed by atoms with Gasteiger partial charge < -0.3 is 19.7 Å². The summed E-state index contributed by atoms with van der Waals surface area (Å²) in [6.45, 7) is 3.27. The molecule has 2 aliphatic rings. The van der Waals surface area contributed by atoms with E-state index >= 15 is 0 Å². The van der Waals surface area contributed by atoms with Crippen LogP contribution < -0.4 is 4.74 Å². The van der Waals surface area contributed by atoms with Gasteiger partial charge in [-0.1, -0.05) is 41.9 Å².